The Hall–Kier alpha value is -2.07. The van der Waals surface area contributed by atoms with Crippen molar-refractivity contribution in [2.24, 2.45) is 0 Å². The molecule has 0 saturated carbocycles. The van der Waals surface area contributed by atoms with E-state index in [4.69, 9.17) is 21.4 Å². The molecule has 0 bridgehead atoms. The van der Waals surface area contributed by atoms with E-state index in [0.29, 0.717) is 21.9 Å². The minimum absolute atomic E-state index is 0.00551. The Morgan fingerprint density at radius 1 is 1.32 bits per heavy atom. The monoisotopic (exact) mass is 322 g/mol. The Kier molecular flexibility index (Phi) is 5.03. The number of carboxylic acids is 1. The van der Waals surface area contributed by atoms with Crippen molar-refractivity contribution in [3.8, 4) is 16.9 Å². The normalized spacial score (nSPS) is 12.0. The number of benzene rings is 2. The van der Waals surface area contributed by atoms with E-state index in [2.05, 4.69) is 0 Å². The van der Waals surface area contributed by atoms with Crippen LogP contribution in [0.1, 0.15) is 24.8 Å². The number of aliphatic carboxylic acids is 1. The lowest BCUT2D eigenvalue weighted by Crippen LogP contribution is -2.03. The lowest BCUT2D eigenvalue weighted by molar-refractivity contribution is -0.137. The SMILES string of the molecule is COc1ccc(-c2cc(C(C)CC(=O)O)ccc2F)cc1Cl. The van der Waals surface area contributed by atoms with Gasteiger partial charge in [0.15, 0.2) is 0 Å². The molecule has 3 nitrogen and oxygen atoms in total. The molecule has 0 aliphatic heterocycles. The van der Waals surface area contributed by atoms with Crippen molar-refractivity contribution >= 4 is 17.6 Å². The summed E-state index contributed by atoms with van der Waals surface area (Å²) in [6.45, 7) is 1.80. The number of carbonyl (C=O) groups is 1. The zero-order valence-corrected chi connectivity index (χ0v) is 13.0. The molecular weight excluding hydrogens is 307 g/mol. The first-order valence-electron chi connectivity index (χ1n) is 6.77. The molecule has 0 spiro atoms. The number of ether oxygens (including phenoxy) is 1. The van der Waals surface area contributed by atoms with Crippen molar-refractivity contribution < 1.29 is 19.0 Å². The molecule has 0 aliphatic rings. The van der Waals surface area contributed by atoms with Crippen LogP contribution in [0.25, 0.3) is 11.1 Å². The minimum Gasteiger partial charge on any atom is -0.495 e. The van der Waals surface area contributed by atoms with Crippen molar-refractivity contribution in [2.45, 2.75) is 19.3 Å². The van der Waals surface area contributed by atoms with E-state index in [9.17, 15) is 9.18 Å². The summed E-state index contributed by atoms with van der Waals surface area (Å²) in [6.07, 6.45) is -0.00551. The molecule has 0 fully saturated rings. The smallest absolute Gasteiger partial charge is 0.303 e. The van der Waals surface area contributed by atoms with Crippen molar-refractivity contribution in [3.63, 3.8) is 0 Å². The Morgan fingerprint density at radius 2 is 2.05 bits per heavy atom. The third kappa shape index (κ3) is 3.57. The van der Waals surface area contributed by atoms with Crippen molar-refractivity contribution in [1.82, 2.24) is 0 Å². The van der Waals surface area contributed by atoms with E-state index < -0.39 is 5.97 Å². The molecule has 5 heteroatoms. The highest BCUT2D eigenvalue weighted by molar-refractivity contribution is 6.32. The average molecular weight is 323 g/mol. The first-order chi connectivity index (χ1) is 10.4. The predicted octanol–water partition coefficient (Wildman–Crippen LogP) is 4.73. The van der Waals surface area contributed by atoms with Crippen LogP contribution in [0, 0.1) is 5.82 Å². The van der Waals surface area contributed by atoms with Crippen LogP contribution in [0.3, 0.4) is 0 Å². The predicted molar refractivity (Wildman–Crippen MR) is 84.1 cm³/mol. The molecule has 0 aromatic heterocycles. The summed E-state index contributed by atoms with van der Waals surface area (Å²) < 4.78 is 19.2. The van der Waals surface area contributed by atoms with Crippen LogP contribution in [-0.2, 0) is 4.79 Å². The molecule has 2 aromatic carbocycles. The molecule has 1 atom stereocenters. The molecule has 0 heterocycles. The van der Waals surface area contributed by atoms with Gasteiger partial charge in [0.05, 0.1) is 18.6 Å². The Bertz CT molecular complexity index is 700. The second kappa shape index (κ2) is 6.79. The van der Waals surface area contributed by atoms with Gasteiger partial charge in [-0.05, 0) is 41.3 Å². The van der Waals surface area contributed by atoms with E-state index in [-0.39, 0.29) is 18.2 Å². The van der Waals surface area contributed by atoms with Crippen LogP contribution in [0.15, 0.2) is 36.4 Å². The lowest BCUT2D eigenvalue weighted by atomic mass is 9.94. The van der Waals surface area contributed by atoms with Crippen LogP contribution < -0.4 is 4.74 Å². The molecule has 0 aliphatic carbocycles. The number of rotatable bonds is 5. The number of halogens is 2. The second-order valence-corrected chi connectivity index (χ2v) is 5.49. The molecule has 2 aromatic rings. The number of carboxylic acid groups (broad SMARTS) is 1. The molecule has 1 N–H and O–H groups in total. The van der Waals surface area contributed by atoms with Crippen LogP contribution in [0.4, 0.5) is 4.39 Å². The highest BCUT2D eigenvalue weighted by atomic mass is 35.5. The summed E-state index contributed by atoms with van der Waals surface area (Å²) in [5.41, 5.74) is 1.78. The fourth-order valence-corrected chi connectivity index (χ4v) is 2.54. The van der Waals surface area contributed by atoms with Gasteiger partial charge in [-0.1, -0.05) is 30.7 Å². The maximum Gasteiger partial charge on any atom is 0.303 e. The van der Waals surface area contributed by atoms with Gasteiger partial charge in [-0.3, -0.25) is 4.79 Å². The van der Waals surface area contributed by atoms with Crippen molar-refractivity contribution in [2.75, 3.05) is 7.11 Å². The van der Waals surface area contributed by atoms with Gasteiger partial charge in [-0.15, -0.1) is 0 Å². The Labute approximate surface area is 133 Å². The first-order valence-corrected chi connectivity index (χ1v) is 7.15. The highest BCUT2D eigenvalue weighted by Gasteiger charge is 2.14. The van der Waals surface area contributed by atoms with Gasteiger partial charge in [0.2, 0.25) is 0 Å². The number of methoxy groups -OCH3 is 1. The highest BCUT2D eigenvalue weighted by Crippen LogP contribution is 2.33. The van der Waals surface area contributed by atoms with Crippen LogP contribution in [-0.4, -0.2) is 18.2 Å². The molecule has 22 heavy (non-hydrogen) atoms. The van der Waals surface area contributed by atoms with E-state index in [1.807, 2.05) is 0 Å². The molecule has 0 saturated heterocycles. The third-order valence-corrected chi connectivity index (χ3v) is 3.80. The minimum atomic E-state index is -0.883. The number of hydrogen-bond donors (Lipinski definition) is 1. The van der Waals surface area contributed by atoms with Gasteiger partial charge >= 0.3 is 5.97 Å². The molecule has 2 rings (SSSR count). The maximum atomic E-state index is 14.1. The third-order valence-electron chi connectivity index (χ3n) is 3.50. The van der Waals surface area contributed by atoms with Gasteiger partial charge < -0.3 is 9.84 Å². The van der Waals surface area contributed by atoms with Crippen LogP contribution >= 0.6 is 11.6 Å². The van der Waals surface area contributed by atoms with E-state index in [1.54, 1.807) is 37.3 Å². The topological polar surface area (TPSA) is 46.5 Å². The van der Waals surface area contributed by atoms with Crippen LogP contribution in [0.2, 0.25) is 5.02 Å². The van der Waals surface area contributed by atoms with Gasteiger partial charge in [-0.2, -0.15) is 0 Å². The summed E-state index contributed by atoms with van der Waals surface area (Å²) >= 11 is 6.08. The van der Waals surface area contributed by atoms with E-state index >= 15 is 0 Å². The second-order valence-electron chi connectivity index (χ2n) is 5.09. The first kappa shape index (κ1) is 16.3. The van der Waals surface area contributed by atoms with E-state index in [1.165, 1.54) is 13.2 Å². The van der Waals surface area contributed by atoms with Crippen molar-refractivity contribution in [3.05, 3.63) is 52.8 Å². The molecular formula is C17H16ClFO3. The average Bonchev–Trinajstić information content (AvgIpc) is 2.46. The Morgan fingerprint density at radius 3 is 2.64 bits per heavy atom. The van der Waals surface area contributed by atoms with Crippen LogP contribution in [0.5, 0.6) is 5.75 Å². The summed E-state index contributed by atoms with van der Waals surface area (Å²) in [6, 6.07) is 9.64. The maximum absolute atomic E-state index is 14.1. The quantitative estimate of drug-likeness (QED) is 0.865. The number of hydrogen-bond acceptors (Lipinski definition) is 2. The van der Waals surface area contributed by atoms with E-state index in [0.717, 1.165) is 5.56 Å². The standard InChI is InChI=1S/C17H16ClFO3/c1-10(7-17(20)21)11-3-5-15(19)13(8-11)12-4-6-16(22-2)14(18)9-12/h3-6,8-10H,7H2,1-2H3,(H,20,21). The summed E-state index contributed by atoms with van der Waals surface area (Å²) in [5.74, 6) is -0.954. The summed E-state index contributed by atoms with van der Waals surface area (Å²) in [7, 11) is 1.51. The largest absolute Gasteiger partial charge is 0.495 e. The zero-order valence-electron chi connectivity index (χ0n) is 12.3. The summed E-state index contributed by atoms with van der Waals surface area (Å²) in [5, 5.41) is 9.27. The Balaban J connectivity index is 2.42. The fraction of sp³-hybridized carbons (Fsp3) is 0.235. The van der Waals surface area contributed by atoms with Gasteiger partial charge in [0.1, 0.15) is 11.6 Å². The molecule has 116 valence electrons. The zero-order chi connectivity index (χ0) is 16.3. The molecule has 1 unspecified atom stereocenters. The van der Waals surface area contributed by atoms with Crippen molar-refractivity contribution in [1.29, 1.82) is 0 Å². The molecule has 0 radical (unpaired) electrons. The van der Waals surface area contributed by atoms with Gasteiger partial charge in [0, 0.05) is 5.56 Å². The van der Waals surface area contributed by atoms with Gasteiger partial charge in [-0.25, -0.2) is 4.39 Å². The molecule has 0 amide bonds. The fourth-order valence-electron chi connectivity index (χ4n) is 2.28. The van der Waals surface area contributed by atoms with Gasteiger partial charge in [0.25, 0.3) is 0 Å². The lowest BCUT2D eigenvalue weighted by Gasteiger charge is -2.13. The summed E-state index contributed by atoms with van der Waals surface area (Å²) in [4.78, 5) is 10.8.